The topological polar surface area (TPSA) is 95.4 Å². The van der Waals surface area contributed by atoms with Gasteiger partial charge in [-0.3, -0.25) is 9.78 Å². The van der Waals surface area contributed by atoms with Gasteiger partial charge in [0.05, 0.1) is 6.20 Å². The van der Waals surface area contributed by atoms with Crippen molar-refractivity contribution < 1.29 is 14.7 Å². The molecule has 4 aromatic rings. The summed E-state index contributed by atoms with van der Waals surface area (Å²) in [6.07, 6.45) is 7.34. The van der Waals surface area contributed by atoms with Gasteiger partial charge in [-0.05, 0) is 65.3 Å². The van der Waals surface area contributed by atoms with E-state index in [9.17, 15) is 14.7 Å². The van der Waals surface area contributed by atoms with Crippen LogP contribution in [-0.2, 0) is 17.9 Å². The lowest BCUT2D eigenvalue weighted by atomic mass is 9.93. The molecule has 1 heterocycles. The molecule has 39 heavy (non-hydrogen) atoms. The molecule has 0 saturated carbocycles. The molecule has 8 heteroatoms. The van der Waals surface area contributed by atoms with E-state index in [1.807, 2.05) is 67.8 Å². The van der Waals surface area contributed by atoms with Crippen LogP contribution in [0.1, 0.15) is 33.5 Å². The number of hydrogen-bond donors (Lipinski definition) is 2. The lowest BCUT2D eigenvalue weighted by Crippen LogP contribution is -2.41. The average Bonchev–Trinajstić information content (AvgIpc) is 2.96. The molecule has 0 saturated heterocycles. The monoisotopic (exact) mass is 540 g/mol. The summed E-state index contributed by atoms with van der Waals surface area (Å²) < 4.78 is 0. The van der Waals surface area contributed by atoms with E-state index in [1.54, 1.807) is 36.4 Å². The van der Waals surface area contributed by atoms with Gasteiger partial charge in [0.2, 0.25) is 0 Å². The molecular weight excluding hydrogens is 508 g/mol. The van der Waals surface area contributed by atoms with Crippen LogP contribution in [0.15, 0.2) is 91.4 Å². The molecule has 3 aromatic carbocycles. The number of anilines is 1. The minimum atomic E-state index is -1.04. The van der Waals surface area contributed by atoms with Crippen LogP contribution >= 0.6 is 11.8 Å². The molecule has 0 radical (unpaired) electrons. The van der Waals surface area contributed by atoms with Gasteiger partial charge in [0, 0.05) is 31.0 Å². The highest BCUT2D eigenvalue weighted by Gasteiger charge is 2.23. The molecule has 1 atom stereocenters. The zero-order chi connectivity index (χ0) is 27.6. The van der Waals surface area contributed by atoms with E-state index in [4.69, 9.17) is 0 Å². The Morgan fingerprint density at radius 3 is 2.38 bits per heavy atom. The first-order valence-corrected chi connectivity index (χ1v) is 14.1. The molecule has 1 amide bonds. The summed E-state index contributed by atoms with van der Waals surface area (Å²) in [5.74, 6) is -0.0467. The molecule has 0 aliphatic heterocycles. The largest absolute Gasteiger partial charge is 0.480 e. The highest BCUT2D eigenvalue weighted by Crippen LogP contribution is 2.29. The second kappa shape index (κ2) is 13.6. The smallest absolute Gasteiger partial charge is 0.326 e. The number of benzene rings is 3. The second-order valence-electron chi connectivity index (χ2n) is 9.25. The van der Waals surface area contributed by atoms with Gasteiger partial charge in [-0.1, -0.05) is 60.7 Å². The van der Waals surface area contributed by atoms with E-state index in [0.29, 0.717) is 30.8 Å². The normalized spacial score (nSPS) is 11.5. The van der Waals surface area contributed by atoms with Crippen LogP contribution in [0.25, 0.3) is 11.1 Å². The molecule has 0 aliphatic carbocycles. The van der Waals surface area contributed by atoms with Crippen LogP contribution in [-0.4, -0.2) is 45.0 Å². The van der Waals surface area contributed by atoms with Crippen molar-refractivity contribution in [1.29, 1.82) is 0 Å². The summed E-state index contributed by atoms with van der Waals surface area (Å²) in [7, 11) is 0. The Balaban J connectivity index is 1.70. The highest BCUT2D eigenvalue weighted by molar-refractivity contribution is 7.98. The van der Waals surface area contributed by atoms with Crippen LogP contribution < -0.4 is 10.2 Å². The van der Waals surface area contributed by atoms with E-state index >= 15 is 0 Å². The lowest BCUT2D eigenvalue weighted by molar-refractivity contribution is -0.139. The number of aryl methyl sites for hydroxylation is 1. The number of hydrogen-bond acceptors (Lipinski definition) is 6. The number of nitrogens with one attached hydrogen (secondary N) is 1. The number of carbonyl (C=O) groups is 2. The maximum Gasteiger partial charge on any atom is 0.326 e. The summed E-state index contributed by atoms with van der Waals surface area (Å²) >= 11 is 1.55. The number of carbonyl (C=O) groups excluding carboxylic acids is 1. The summed E-state index contributed by atoms with van der Waals surface area (Å²) in [6, 6.07) is 22.8. The first-order valence-electron chi connectivity index (χ1n) is 12.7. The molecule has 0 fully saturated rings. The number of rotatable bonds is 12. The van der Waals surface area contributed by atoms with Crippen molar-refractivity contribution in [3.63, 3.8) is 0 Å². The summed E-state index contributed by atoms with van der Waals surface area (Å²) in [4.78, 5) is 36.1. The van der Waals surface area contributed by atoms with E-state index in [0.717, 1.165) is 33.6 Å². The van der Waals surface area contributed by atoms with Gasteiger partial charge in [0.1, 0.15) is 11.9 Å². The number of thioether (sulfide) groups is 1. The van der Waals surface area contributed by atoms with Gasteiger partial charge in [0.25, 0.3) is 5.91 Å². The molecule has 2 N–H and O–H groups in total. The van der Waals surface area contributed by atoms with E-state index in [-0.39, 0.29) is 0 Å². The lowest BCUT2D eigenvalue weighted by Gasteiger charge is -2.24. The summed E-state index contributed by atoms with van der Waals surface area (Å²) in [5, 5.41) is 12.4. The first kappa shape index (κ1) is 27.9. The van der Waals surface area contributed by atoms with Crippen LogP contribution in [0.3, 0.4) is 0 Å². The maximum absolute atomic E-state index is 13.4. The summed E-state index contributed by atoms with van der Waals surface area (Å²) in [6.45, 7) is 3.18. The minimum Gasteiger partial charge on any atom is -0.480 e. The van der Waals surface area contributed by atoms with Crippen molar-refractivity contribution in [2.24, 2.45) is 0 Å². The standard InChI is InChI=1S/C31H32N4O3S/c1-22-8-6-7-11-25(22)27-18-24(12-13-26(27)30(36)34-28(31(37)38)14-17-39-2)21-35(29-19-32-15-16-33-29)20-23-9-4-3-5-10-23/h3-13,15-16,18-19,28H,14,17,20-21H2,1-2H3,(H,34,36)(H,37,38)/t28-/m0/s1. The number of aromatic nitrogens is 2. The van der Waals surface area contributed by atoms with E-state index < -0.39 is 17.9 Å². The van der Waals surface area contributed by atoms with Crippen molar-refractivity contribution in [1.82, 2.24) is 15.3 Å². The second-order valence-corrected chi connectivity index (χ2v) is 10.2. The van der Waals surface area contributed by atoms with Gasteiger partial charge in [-0.25, -0.2) is 9.78 Å². The molecule has 200 valence electrons. The molecule has 4 rings (SSSR count). The fourth-order valence-electron chi connectivity index (χ4n) is 4.41. The van der Waals surface area contributed by atoms with E-state index in [1.165, 1.54) is 0 Å². The quantitative estimate of drug-likeness (QED) is 0.242. The Morgan fingerprint density at radius 1 is 0.949 bits per heavy atom. The fourth-order valence-corrected chi connectivity index (χ4v) is 4.88. The first-order chi connectivity index (χ1) is 19.0. The average molecular weight is 541 g/mol. The molecule has 0 bridgehead atoms. The summed E-state index contributed by atoms with van der Waals surface area (Å²) in [5.41, 5.74) is 5.28. The van der Waals surface area contributed by atoms with Crippen molar-refractivity contribution in [3.8, 4) is 11.1 Å². The number of nitrogens with zero attached hydrogens (tertiary/aromatic N) is 3. The zero-order valence-corrected chi connectivity index (χ0v) is 22.9. The van der Waals surface area contributed by atoms with Gasteiger partial charge < -0.3 is 15.3 Å². The molecule has 7 nitrogen and oxygen atoms in total. The number of carboxylic acid groups (broad SMARTS) is 1. The zero-order valence-electron chi connectivity index (χ0n) is 22.1. The molecular formula is C31H32N4O3S. The number of carboxylic acids is 1. The number of aliphatic carboxylic acids is 1. The maximum atomic E-state index is 13.4. The molecule has 0 spiro atoms. The van der Waals surface area contributed by atoms with Gasteiger partial charge in [-0.15, -0.1) is 0 Å². The predicted molar refractivity (Wildman–Crippen MR) is 157 cm³/mol. The fraction of sp³-hybridized carbons (Fsp3) is 0.226. The third-order valence-electron chi connectivity index (χ3n) is 6.44. The van der Waals surface area contributed by atoms with Crippen molar-refractivity contribution in [3.05, 3.63) is 114 Å². The van der Waals surface area contributed by atoms with Crippen molar-refractivity contribution in [2.75, 3.05) is 16.9 Å². The Morgan fingerprint density at radius 2 is 1.69 bits per heavy atom. The van der Waals surface area contributed by atoms with Crippen LogP contribution in [0.4, 0.5) is 5.82 Å². The highest BCUT2D eigenvalue weighted by atomic mass is 32.2. The molecule has 0 aliphatic rings. The van der Waals surface area contributed by atoms with Gasteiger partial charge >= 0.3 is 5.97 Å². The molecule has 0 unspecified atom stereocenters. The predicted octanol–water partition coefficient (Wildman–Crippen LogP) is 5.59. The van der Waals surface area contributed by atoms with Crippen molar-refractivity contribution >= 4 is 29.5 Å². The Kier molecular flexibility index (Phi) is 9.69. The van der Waals surface area contributed by atoms with Gasteiger partial charge in [0.15, 0.2) is 0 Å². The molecule has 1 aromatic heterocycles. The van der Waals surface area contributed by atoms with Crippen LogP contribution in [0.2, 0.25) is 0 Å². The minimum absolute atomic E-state index is 0.354. The van der Waals surface area contributed by atoms with Gasteiger partial charge in [-0.2, -0.15) is 11.8 Å². The third-order valence-corrected chi connectivity index (χ3v) is 7.09. The van der Waals surface area contributed by atoms with Crippen molar-refractivity contribution in [2.45, 2.75) is 32.5 Å². The Labute approximate surface area is 233 Å². The SMILES string of the molecule is CSCC[C@H](NC(=O)c1ccc(CN(Cc2ccccc2)c2cnccn2)cc1-c1ccccc1C)C(=O)O. The Hall–Kier alpha value is -4.17. The van der Waals surface area contributed by atoms with Crippen LogP contribution in [0, 0.1) is 6.92 Å². The third kappa shape index (κ3) is 7.45. The number of amides is 1. The Bertz CT molecular complexity index is 1400. The van der Waals surface area contributed by atoms with Crippen LogP contribution in [0.5, 0.6) is 0 Å². The van der Waals surface area contributed by atoms with E-state index in [2.05, 4.69) is 32.3 Å².